The van der Waals surface area contributed by atoms with Crippen molar-refractivity contribution in [2.75, 3.05) is 45.2 Å². The molecule has 2 fully saturated rings. The third-order valence-corrected chi connectivity index (χ3v) is 6.72. The van der Waals surface area contributed by atoms with Crippen molar-refractivity contribution >= 4 is 15.9 Å². The number of hydrogen-bond acceptors (Lipinski definition) is 5. The molecule has 0 aromatic carbocycles. The van der Waals surface area contributed by atoms with Crippen LogP contribution in [0, 0.1) is 6.92 Å². The lowest BCUT2D eigenvalue weighted by Crippen LogP contribution is -2.62. The minimum atomic E-state index is -3.11. The molecule has 1 aromatic heterocycles. The molecule has 0 unspecified atom stereocenters. The van der Waals surface area contributed by atoms with Gasteiger partial charge in [0, 0.05) is 57.6 Å². The molecule has 8 heteroatoms. The fraction of sp³-hybridized carbons (Fsp3) is 0.647. The molecule has 0 saturated carbocycles. The minimum Gasteiger partial charge on any atom is -0.331 e. The van der Waals surface area contributed by atoms with Gasteiger partial charge in [0.15, 0.2) is 9.84 Å². The van der Waals surface area contributed by atoms with E-state index in [0.717, 1.165) is 24.4 Å². The second-order valence-electron chi connectivity index (χ2n) is 7.14. The Balaban J connectivity index is 1.73. The second-order valence-corrected chi connectivity index (χ2v) is 9.29. The smallest absolute Gasteiger partial charge is 0.319 e. The lowest BCUT2D eigenvalue weighted by Gasteiger charge is -2.44. The zero-order valence-corrected chi connectivity index (χ0v) is 15.9. The monoisotopic (exact) mass is 366 g/mol. The number of pyridine rings is 1. The van der Waals surface area contributed by atoms with E-state index < -0.39 is 9.84 Å². The van der Waals surface area contributed by atoms with E-state index in [9.17, 15) is 13.2 Å². The average Bonchev–Trinajstić information content (AvgIpc) is 2.87. The summed E-state index contributed by atoms with van der Waals surface area (Å²) in [6.07, 6.45) is 0.784. The van der Waals surface area contributed by atoms with Crippen molar-refractivity contribution in [1.29, 1.82) is 0 Å². The Hall–Kier alpha value is -1.67. The normalized spacial score (nSPS) is 25.6. The summed E-state index contributed by atoms with van der Waals surface area (Å²) in [4.78, 5) is 22.4. The van der Waals surface area contributed by atoms with Gasteiger partial charge in [0.25, 0.3) is 0 Å². The predicted octanol–water partition coefficient (Wildman–Crippen LogP) is 0.397. The van der Waals surface area contributed by atoms with Gasteiger partial charge in [-0.1, -0.05) is 6.07 Å². The fourth-order valence-electron chi connectivity index (χ4n) is 3.79. The van der Waals surface area contributed by atoms with E-state index in [1.165, 1.54) is 4.90 Å². The third-order valence-electron chi connectivity index (χ3n) is 5.02. The van der Waals surface area contributed by atoms with Crippen molar-refractivity contribution in [3.63, 3.8) is 0 Å². The van der Waals surface area contributed by atoms with Crippen LogP contribution < -0.4 is 0 Å². The summed E-state index contributed by atoms with van der Waals surface area (Å²) in [5, 5.41) is 0. The van der Waals surface area contributed by atoms with Crippen LogP contribution in [0.15, 0.2) is 18.2 Å². The third kappa shape index (κ3) is 3.95. The molecule has 3 heterocycles. The van der Waals surface area contributed by atoms with Crippen LogP contribution in [0.1, 0.15) is 11.4 Å². The Morgan fingerprint density at radius 1 is 1.24 bits per heavy atom. The molecule has 7 nitrogen and oxygen atoms in total. The van der Waals surface area contributed by atoms with Gasteiger partial charge in [0.05, 0.1) is 17.5 Å². The Labute approximate surface area is 149 Å². The number of aromatic nitrogens is 1. The van der Waals surface area contributed by atoms with E-state index in [1.54, 1.807) is 19.0 Å². The van der Waals surface area contributed by atoms with Crippen LogP contribution in [0.3, 0.4) is 0 Å². The van der Waals surface area contributed by atoms with Crippen LogP contribution in [-0.2, 0) is 16.3 Å². The van der Waals surface area contributed by atoms with Gasteiger partial charge in [0.1, 0.15) is 0 Å². The predicted molar refractivity (Wildman–Crippen MR) is 96.3 cm³/mol. The average molecular weight is 366 g/mol. The summed E-state index contributed by atoms with van der Waals surface area (Å²) >= 11 is 0. The molecule has 138 valence electrons. The summed E-state index contributed by atoms with van der Waals surface area (Å²) in [6, 6.07) is 5.49. The quantitative estimate of drug-likeness (QED) is 0.774. The van der Waals surface area contributed by atoms with Gasteiger partial charge in [-0.15, -0.1) is 0 Å². The van der Waals surface area contributed by atoms with Gasteiger partial charge in [-0.25, -0.2) is 13.2 Å². The summed E-state index contributed by atoms with van der Waals surface area (Å²) < 4.78 is 24.4. The molecular weight excluding hydrogens is 340 g/mol. The topological polar surface area (TPSA) is 73.8 Å². The van der Waals surface area contributed by atoms with E-state index in [4.69, 9.17) is 0 Å². The highest BCUT2D eigenvalue weighted by atomic mass is 32.2. The molecule has 2 atom stereocenters. The van der Waals surface area contributed by atoms with Crippen LogP contribution in [0.4, 0.5) is 4.79 Å². The van der Waals surface area contributed by atoms with Crippen molar-refractivity contribution in [2.24, 2.45) is 0 Å². The lowest BCUT2D eigenvalue weighted by molar-refractivity contribution is 0.0572. The molecular formula is C17H26N4O3S. The number of fused-ring (bicyclic) bond motifs is 1. The van der Waals surface area contributed by atoms with Crippen LogP contribution in [0.5, 0.6) is 0 Å². The van der Waals surface area contributed by atoms with Crippen LogP contribution in [-0.4, -0.2) is 91.5 Å². The first-order chi connectivity index (χ1) is 11.8. The van der Waals surface area contributed by atoms with Gasteiger partial charge in [-0.3, -0.25) is 9.88 Å². The number of nitrogens with zero attached hydrogens (tertiary/aromatic N) is 4. The Morgan fingerprint density at radius 3 is 2.64 bits per heavy atom. The van der Waals surface area contributed by atoms with Gasteiger partial charge >= 0.3 is 6.03 Å². The van der Waals surface area contributed by atoms with E-state index >= 15 is 0 Å². The number of rotatable bonds is 3. The number of aryl methyl sites for hydroxylation is 1. The van der Waals surface area contributed by atoms with Gasteiger partial charge in [0.2, 0.25) is 0 Å². The van der Waals surface area contributed by atoms with E-state index in [2.05, 4.69) is 9.88 Å². The molecule has 0 bridgehead atoms. The number of carbonyl (C=O) groups is 1. The zero-order chi connectivity index (χ0) is 18.2. The van der Waals surface area contributed by atoms with Crippen molar-refractivity contribution in [3.8, 4) is 0 Å². The first-order valence-electron chi connectivity index (χ1n) is 8.62. The number of carbonyl (C=O) groups excluding carboxylic acids is 1. The maximum Gasteiger partial charge on any atom is 0.319 e. The number of piperazine rings is 1. The van der Waals surface area contributed by atoms with E-state index in [0.29, 0.717) is 13.1 Å². The molecule has 2 aliphatic rings. The fourth-order valence-corrected chi connectivity index (χ4v) is 5.81. The maximum absolute atomic E-state index is 12.4. The van der Waals surface area contributed by atoms with E-state index in [-0.39, 0.29) is 29.6 Å². The Kier molecular flexibility index (Phi) is 5.02. The van der Waals surface area contributed by atoms with E-state index in [1.807, 2.05) is 25.1 Å². The van der Waals surface area contributed by atoms with Crippen LogP contribution >= 0.6 is 0 Å². The number of urea groups is 1. The summed E-state index contributed by atoms with van der Waals surface area (Å²) in [7, 11) is 0.297. The molecule has 0 spiro atoms. The number of hydrogen-bond donors (Lipinski definition) is 0. The Bertz CT molecular complexity index is 750. The second kappa shape index (κ2) is 6.92. The van der Waals surface area contributed by atoms with Gasteiger partial charge in [-0.05, 0) is 19.1 Å². The molecule has 2 amide bonds. The first-order valence-corrected chi connectivity index (χ1v) is 10.4. The lowest BCUT2D eigenvalue weighted by atomic mass is 10.0. The van der Waals surface area contributed by atoms with Crippen LogP contribution in [0.2, 0.25) is 0 Å². The van der Waals surface area contributed by atoms with Crippen molar-refractivity contribution in [1.82, 2.24) is 19.7 Å². The highest BCUT2D eigenvalue weighted by Crippen LogP contribution is 2.27. The molecule has 1 aromatic rings. The highest BCUT2D eigenvalue weighted by molar-refractivity contribution is 7.91. The number of amides is 2. The maximum atomic E-state index is 12.4. The molecule has 2 saturated heterocycles. The van der Waals surface area contributed by atoms with Gasteiger partial charge < -0.3 is 9.80 Å². The first kappa shape index (κ1) is 18.1. The summed E-state index contributed by atoms with van der Waals surface area (Å²) in [5.74, 6) is 0.201. The standard InChI is InChI=1S/C17H26N4O3S/c1-13-5-4-6-14(18-13)7-8-20-9-10-21(17(22)19(2)3)16-12-25(23,24)11-15(16)20/h4-6,15-16H,7-12H2,1-3H3/t15-,16+/m0/s1. The molecule has 25 heavy (non-hydrogen) atoms. The van der Waals surface area contributed by atoms with Gasteiger partial charge in [-0.2, -0.15) is 0 Å². The largest absolute Gasteiger partial charge is 0.331 e. The van der Waals surface area contributed by atoms with Crippen molar-refractivity contribution in [3.05, 3.63) is 29.6 Å². The van der Waals surface area contributed by atoms with Crippen molar-refractivity contribution < 1.29 is 13.2 Å². The zero-order valence-electron chi connectivity index (χ0n) is 15.1. The molecule has 0 radical (unpaired) electrons. The minimum absolute atomic E-state index is 0.0659. The molecule has 3 rings (SSSR count). The summed E-state index contributed by atoms with van der Waals surface area (Å²) in [6.45, 7) is 3.99. The van der Waals surface area contributed by atoms with Crippen LogP contribution in [0.25, 0.3) is 0 Å². The van der Waals surface area contributed by atoms with Crippen molar-refractivity contribution in [2.45, 2.75) is 25.4 Å². The molecule has 2 aliphatic heterocycles. The number of sulfone groups is 1. The highest BCUT2D eigenvalue weighted by Gasteiger charge is 2.48. The SMILES string of the molecule is Cc1cccc(CCN2CCN(C(=O)N(C)C)[C@@H]3CS(=O)(=O)C[C@@H]32)n1. The Morgan fingerprint density at radius 2 is 1.96 bits per heavy atom. The molecule has 0 aliphatic carbocycles. The summed E-state index contributed by atoms with van der Waals surface area (Å²) in [5.41, 5.74) is 2.00. The molecule has 0 N–H and O–H groups in total.